The number of rotatable bonds is 4. The first kappa shape index (κ1) is 20.7. The lowest BCUT2D eigenvalue weighted by Gasteiger charge is -2.35. The van der Waals surface area contributed by atoms with Crippen molar-refractivity contribution < 1.29 is 4.79 Å². The van der Waals surface area contributed by atoms with Crippen molar-refractivity contribution >= 4 is 44.3 Å². The number of aryl methyl sites for hydroxylation is 1. The smallest absolute Gasteiger partial charge is 0.256 e. The summed E-state index contributed by atoms with van der Waals surface area (Å²) in [5.41, 5.74) is 3.05. The zero-order valence-corrected chi connectivity index (χ0v) is 19.6. The molecule has 8 nitrogen and oxygen atoms in total. The topological polar surface area (TPSA) is 80.0 Å². The lowest BCUT2D eigenvalue weighted by atomic mass is 10.1. The number of carbonyl (C=O) groups excluding carboxylic acids is 1. The van der Waals surface area contributed by atoms with E-state index in [-0.39, 0.29) is 5.91 Å². The lowest BCUT2D eigenvalue weighted by Crippen LogP contribution is -2.49. The van der Waals surface area contributed by atoms with E-state index in [9.17, 15) is 4.79 Å². The van der Waals surface area contributed by atoms with Crippen LogP contribution in [0.2, 0.25) is 0 Å². The molecule has 1 aliphatic rings. The molecule has 0 N–H and O–H groups in total. The van der Waals surface area contributed by atoms with Gasteiger partial charge in [-0.15, -0.1) is 16.4 Å². The van der Waals surface area contributed by atoms with Crippen LogP contribution in [0.15, 0.2) is 60.9 Å². The predicted molar refractivity (Wildman–Crippen MR) is 134 cm³/mol. The lowest BCUT2D eigenvalue weighted by molar-refractivity contribution is 0.0746. The summed E-state index contributed by atoms with van der Waals surface area (Å²) >= 11 is 1.72. The highest BCUT2D eigenvalue weighted by Gasteiger charge is 2.26. The molecule has 0 radical (unpaired) electrons. The molecule has 0 spiro atoms. The van der Waals surface area contributed by atoms with E-state index in [2.05, 4.69) is 38.2 Å². The van der Waals surface area contributed by atoms with Crippen molar-refractivity contribution in [1.82, 2.24) is 29.9 Å². The number of aromatic nitrogens is 5. The summed E-state index contributed by atoms with van der Waals surface area (Å²) in [6.07, 6.45) is 2.63. The highest BCUT2D eigenvalue weighted by molar-refractivity contribution is 7.18. The Balaban J connectivity index is 1.25. The molecule has 1 amide bonds. The maximum Gasteiger partial charge on any atom is 0.256 e. The molecule has 4 heterocycles. The molecule has 0 saturated carbocycles. The minimum atomic E-state index is 0.00599. The minimum Gasteiger partial charge on any atom is -0.352 e. The van der Waals surface area contributed by atoms with Gasteiger partial charge in [0.25, 0.3) is 5.91 Å². The van der Waals surface area contributed by atoms with Crippen molar-refractivity contribution in [2.24, 2.45) is 0 Å². The summed E-state index contributed by atoms with van der Waals surface area (Å²) < 4.78 is 1.75. The van der Waals surface area contributed by atoms with Crippen molar-refractivity contribution in [3.63, 3.8) is 0 Å². The van der Waals surface area contributed by atoms with Gasteiger partial charge in [0.05, 0.1) is 22.2 Å². The van der Waals surface area contributed by atoms with Gasteiger partial charge in [0.15, 0.2) is 0 Å². The Morgan fingerprint density at radius 3 is 2.65 bits per heavy atom. The van der Waals surface area contributed by atoms with Gasteiger partial charge in [0.1, 0.15) is 22.5 Å². The van der Waals surface area contributed by atoms with Crippen LogP contribution in [-0.2, 0) is 6.42 Å². The monoisotopic (exact) mass is 469 g/mol. The number of fused-ring (bicyclic) bond motifs is 2. The van der Waals surface area contributed by atoms with Crippen LogP contribution < -0.4 is 4.90 Å². The molecule has 0 aliphatic carbocycles. The largest absolute Gasteiger partial charge is 0.352 e. The van der Waals surface area contributed by atoms with E-state index in [1.807, 2.05) is 53.4 Å². The molecule has 5 aromatic rings. The van der Waals surface area contributed by atoms with Crippen LogP contribution in [0.4, 0.5) is 5.82 Å². The van der Waals surface area contributed by atoms with E-state index in [1.165, 1.54) is 4.88 Å². The molecular formula is C25H23N7OS. The summed E-state index contributed by atoms with van der Waals surface area (Å²) in [6.45, 7) is 4.86. The zero-order chi connectivity index (χ0) is 23.1. The molecule has 9 heteroatoms. The molecule has 1 fully saturated rings. The summed E-state index contributed by atoms with van der Waals surface area (Å²) in [5, 5.41) is 9.68. The second kappa shape index (κ2) is 8.49. The van der Waals surface area contributed by atoms with E-state index < -0.39 is 0 Å². The third-order valence-electron chi connectivity index (χ3n) is 6.29. The normalized spacial score (nSPS) is 14.3. The summed E-state index contributed by atoms with van der Waals surface area (Å²) in [7, 11) is 0. The second-order valence-corrected chi connectivity index (χ2v) is 9.38. The van der Waals surface area contributed by atoms with E-state index in [4.69, 9.17) is 0 Å². The number of nitrogens with zero attached hydrogens (tertiary/aromatic N) is 7. The number of carbonyl (C=O) groups is 1. The molecule has 34 heavy (non-hydrogen) atoms. The van der Waals surface area contributed by atoms with Crippen LogP contribution in [-0.4, -0.2) is 61.9 Å². The molecule has 1 saturated heterocycles. The molecule has 2 aromatic carbocycles. The van der Waals surface area contributed by atoms with Crippen molar-refractivity contribution in [1.29, 1.82) is 0 Å². The van der Waals surface area contributed by atoms with Crippen molar-refractivity contribution in [2.45, 2.75) is 13.3 Å². The Morgan fingerprint density at radius 2 is 1.79 bits per heavy atom. The van der Waals surface area contributed by atoms with Gasteiger partial charge in [0, 0.05) is 31.1 Å². The molecular weight excluding hydrogens is 446 g/mol. The van der Waals surface area contributed by atoms with Crippen LogP contribution in [0.5, 0.6) is 0 Å². The van der Waals surface area contributed by atoms with Crippen molar-refractivity contribution in [3.05, 3.63) is 71.4 Å². The molecule has 0 bridgehead atoms. The number of para-hydroxylation sites is 2. The molecule has 0 atom stereocenters. The number of benzene rings is 2. The Labute approximate surface area is 200 Å². The van der Waals surface area contributed by atoms with E-state index >= 15 is 0 Å². The van der Waals surface area contributed by atoms with Gasteiger partial charge in [-0.3, -0.25) is 4.79 Å². The standard InChI is InChI=1S/C25H23N7OS/c1-2-17-15-19-23(26-16-27-24(19)34-17)30-11-13-31(14-12-30)25(33)18-7-3-5-9-21(18)32-22-10-6-4-8-20(22)28-29-32/h3-10,15-16H,2,11-14H2,1H3. The van der Waals surface area contributed by atoms with E-state index in [0.29, 0.717) is 18.7 Å². The van der Waals surface area contributed by atoms with Crippen molar-refractivity contribution in [3.8, 4) is 5.69 Å². The Morgan fingerprint density at radius 1 is 1.00 bits per heavy atom. The Bertz CT molecular complexity index is 1500. The third kappa shape index (κ3) is 3.49. The summed E-state index contributed by atoms with van der Waals surface area (Å²) in [6, 6.07) is 17.6. The highest BCUT2D eigenvalue weighted by atomic mass is 32.1. The first-order valence-corrected chi connectivity index (χ1v) is 12.2. The average Bonchev–Trinajstić information content (AvgIpc) is 3.52. The fourth-order valence-electron chi connectivity index (χ4n) is 4.50. The number of hydrogen-bond acceptors (Lipinski definition) is 7. The first-order chi connectivity index (χ1) is 16.7. The van der Waals surface area contributed by atoms with Crippen molar-refractivity contribution in [2.75, 3.05) is 31.1 Å². The number of amides is 1. The molecule has 3 aromatic heterocycles. The van der Waals surface area contributed by atoms with Gasteiger partial charge in [0.2, 0.25) is 0 Å². The van der Waals surface area contributed by atoms with Crippen LogP contribution in [0, 0.1) is 0 Å². The first-order valence-electron chi connectivity index (χ1n) is 11.4. The van der Waals surface area contributed by atoms with Gasteiger partial charge in [-0.2, -0.15) is 0 Å². The van der Waals surface area contributed by atoms with Crippen LogP contribution in [0.3, 0.4) is 0 Å². The number of piperazine rings is 1. The minimum absolute atomic E-state index is 0.00599. The van der Waals surface area contributed by atoms with Crippen LogP contribution in [0.25, 0.3) is 26.9 Å². The summed E-state index contributed by atoms with van der Waals surface area (Å²) in [5.74, 6) is 0.967. The SMILES string of the molecule is CCc1cc2c(N3CCN(C(=O)c4ccccc4-n4nnc5ccccc54)CC3)ncnc2s1. The molecule has 170 valence electrons. The number of thiophene rings is 1. The van der Waals surface area contributed by atoms with Crippen LogP contribution >= 0.6 is 11.3 Å². The highest BCUT2D eigenvalue weighted by Crippen LogP contribution is 2.31. The van der Waals surface area contributed by atoms with Crippen LogP contribution in [0.1, 0.15) is 22.2 Å². The average molecular weight is 470 g/mol. The van der Waals surface area contributed by atoms with E-state index in [0.717, 1.165) is 52.3 Å². The summed E-state index contributed by atoms with van der Waals surface area (Å²) in [4.78, 5) is 29.1. The van der Waals surface area contributed by atoms with Gasteiger partial charge in [-0.25, -0.2) is 14.6 Å². The van der Waals surface area contributed by atoms with Gasteiger partial charge in [-0.1, -0.05) is 36.4 Å². The van der Waals surface area contributed by atoms with E-state index in [1.54, 1.807) is 22.3 Å². The Kier molecular flexibility index (Phi) is 5.18. The second-order valence-electron chi connectivity index (χ2n) is 8.27. The predicted octanol–water partition coefficient (Wildman–Crippen LogP) is 3.95. The fraction of sp³-hybridized carbons (Fsp3) is 0.240. The maximum absolute atomic E-state index is 13.6. The van der Waals surface area contributed by atoms with Gasteiger partial charge >= 0.3 is 0 Å². The molecule has 0 unspecified atom stereocenters. The fourth-order valence-corrected chi connectivity index (χ4v) is 5.43. The third-order valence-corrected chi connectivity index (χ3v) is 7.48. The molecule has 6 rings (SSSR count). The Hall–Kier alpha value is -3.85. The zero-order valence-electron chi connectivity index (χ0n) is 18.8. The molecule has 1 aliphatic heterocycles. The van der Waals surface area contributed by atoms with Gasteiger partial charge < -0.3 is 9.80 Å². The quantitative estimate of drug-likeness (QED) is 0.397. The van der Waals surface area contributed by atoms with Gasteiger partial charge in [-0.05, 0) is 36.8 Å². The number of anilines is 1. The number of hydrogen-bond donors (Lipinski definition) is 0. The maximum atomic E-state index is 13.6.